The first-order valence-corrected chi connectivity index (χ1v) is 9.13. The molecule has 3 aromatic carbocycles. The Morgan fingerprint density at radius 3 is 2.48 bits per heavy atom. The fraction of sp³-hybridized carbons (Fsp3) is 0.208. The van der Waals surface area contributed by atoms with Crippen LogP contribution in [-0.4, -0.2) is 35.9 Å². The van der Waals surface area contributed by atoms with Crippen LogP contribution in [0.3, 0.4) is 0 Å². The monoisotopic (exact) mass is 393 g/mol. The Hall–Kier alpha value is -3.31. The highest BCUT2D eigenvalue weighted by molar-refractivity contribution is 5.86. The van der Waals surface area contributed by atoms with Gasteiger partial charge in [-0.05, 0) is 34.9 Å². The lowest BCUT2D eigenvalue weighted by atomic mass is 10.0. The average Bonchev–Trinajstić information content (AvgIpc) is 3.23. The van der Waals surface area contributed by atoms with Crippen molar-refractivity contribution in [3.8, 4) is 11.1 Å². The maximum absolute atomic E-state index is 11.8. The van der Waals surface area contributed by atoms with Crippen molar-refractivity contribution in [3.63, 3.8) is 0 Å². The fourth-order valence-electron chi connectivity index (χ4n) is 3.27. The number of aromatic nitrogens is 1. The second-order valence-corrected chi connectivity index (χ2v) is 6.60. The van der Waals surface area contributed by atoms with Crippen LogP contribution in [0.25, 0.3) is 22.2 Å². The third-order valence-corrected chi connectivity index (χ3v) is 4.63. The van der Waals surface area contributed by atoms with Gasteiger partial charge >= 0.3 is 5.76 Å². The van der Waals surface area contributed by atoms with Gasteiger partial charge in [-0.25, -0.2) is 4.79 Å². The van der Waals surface area contributed by atoms with Gasteiger partial charge in [0, 0.05) is 38.0 Å². The second kappa shape index (κ2) is 7.60. The Kier molecular flexibility index (Phi) is 2.89. The lowest BCUT2D eigenvalue weighted by Crippen LogP contribution is -2.46. The highest BCUT2D eigenvalue weighted by atomic mass is 16.4. The molecule has 29 heavy (non-hydrogen) atoms. The van der Waals surface area contributed by atoms with E-state index >= 15 is 0 Å². The van der Waals surface area contributed by atoms with Gasteiger partial charge in [-0.15, -0.1) is 0 Å². The van der Waals surface area contributed by atoms with Crippen LogP contribution >= 0.6 is 0 Å². The summed E-state index contributed by atoms with van der Waals surface area (Å²) in [5.74, 6) is -0.855. The molecule has 2 heterocycles. The molecule has 0 bridgehead atoms. The highest BCUT2D eigenvalue weighted by Crippen LogP contribution is 2.26. The molecule has 1 N–H and O–H groups in total. The van der Waals surface area contributed by atoms with Crippen LogP contribution in [0.1, 0.15) is 16.5 Å². The molecule has 0 atom stereocenters. The maximum Gasteiger partial charge on any atom is 0.417 e. The Bertz CT molecular complexity index is 1490. The molecule has 1 saturated heterocycles. The number of hydrogen-bond donors (Lipinski definition) is 1. The Morgan fingerprint density at radius 2 is 1.66 bits per heavy atom. The van der Waals surface area contributed by atoms with Crippen molar-refractivity contribution in [1.29, 1.82) is 0 Å². The SMILES string of the molecule is [2H]C1([2H])N(Cc2cccc(-c3ccccc3)c2)C([2H])([2H])C([2H])([2H])N(c2cccc3[nH]c(=O)oc23)C1([2H])[2H]. The lowest BCUT2D eigenvalue weighted by Gasteiger charge is -2.36. The van der Waals surface area contributed by atoms with Gasteiger partial charge in [-0.3, -0.25) is 9.88 Å². The van der Waals surface area contributed by atoms with E-state index in [0.29, 0.717) is 15.4 Å². The van der Waals surface area contributed by atoms with Gasteiger partial charge in [0.15, 0.2) is 5.58 Å². The number of para-hydroxylation sites is 1. The Morgan fingerprint density at radius 1 is 0.897 bits per heavy atom. The van der Waals surface area contributed by atoms with Crippen LogP contribution in [0.15, 0.2) is 82.0 Å². The Balaban J connectivity index is 1.61. The van der Waals surface area contributed by atoms with Gasteiger partial charge in [0.2, 0.25) is 0 Å². The molecular weight excluding hydrogens is 362 g/mol. The summed E-state index contributed by atoms with van der Waals surface area (Å²) in [6, 6.07) is 20.5. The van der Waals surface area contributed by atoms with Crippen molar-refractivity contribution in [3.05, 3.63) is 88.9 Å². The van der Waals surface area contributed by atoms with Gasteiger partial charge in [0.05, 0.1) is 16.7 Å². The molecule has 1 fully saturated rings. The van der Waals surface area contributed by atoms with Gasteiger partial charge in [-0.1, -0.05) is 54.6 Å². The molecule has 5 rings (SSSR count). The first-order valence-electron chi connectivity index (χ1n) is 13.1. The number of benzene rings is 3. The number of hydrogen-bond acceptors (Lipinski definition) is 4. The lowest BCUT2D eigenvalue weighted by molar-refractivity contribution is 0.250. The molecule has 1 aliphatic heterocycles. The van der Waals surface area contributed by atoms with E-state index < -0.39 is 38.3 Å². The summed E-state index contributed by atoms with van der Waals surface area (Å²) >= 11 is 0. The molecule has 0 radical (unpaired) electrons. The van der Waals surface area contributed by atoms with Gasteiger partial charge in [-0.2, -0.15) is 0 Å². The van der Waals surface area contributed by atoms with E-state index in [1.807, 2.05) is 36.4 Å². The van der Waals surface area contributed by atoms with E-state index in [2.05, 4.69) is 4.98 Å². The van der Waals surface area contributed by atoms with Crippen LogP contribution in [0.5, 0.6) is 0 Å². The molecule has 0 spiro atoms. The fourth-order valence-corrected chi connectivity index (χ4v) is 3.27. The number of rotatable bonds is 4. The van der Waals surface area contributed by atoms with Crippen LogP contribution in [0.2, 0.25) is 0 Å². The van der Waals surface area contributed by atoms with E-state index in [1.165, 1.54) is 18.2 Å². The van der Waals surface area contributed by atoms with Crippen LogP contribution in [0.4, 0.5) is 5.69 Å². The topological polar surface area (TPSA) is 52.5 Å². The number of aromatic amines is 1. The highest BCUT2D eigenvalue weighted by Gasteiger charge is 2.20. The van der Waals surface area contributed by atoms with Crippen LogP contribution in [-0.2, 0) is 6.54 Å². The Labute approximate surface area is 180 Å². The molecule has 1 aliphatic rings. The maximum atomic E-state index is 11.8. The van der Waals surface area contributed by atoms with Crippen molar-refractivity contribution < 1.29 is 15.4 Å². The van der Waals surface area contributed by atoms with E-state index in [0.717, 1.165) is 11.1 Å². The quantitative estimate of drug-likeness (QED) is 0.567. The molecule has 4 aromatic rings. The van der Waals surface area contributed by atoms with Crippen molar-refractivity contribution in [1.82, 2.24) is 9.88 Å². The van der Waals surface area contributed by atoms with E-state index in [4.69, 9.17) is 15.4 Å². The number of H-pyrrole nitrogens is 1. The van der Waals surface area contributed by atoms with Crippen molar-refractivity contribution >= 4 is 16.8 Å². The largest absolute Gasteiger partial charge is 0.417 e. The molecule has 146 valence electrons. The van der Waals surface area contributed by atoms with Gasteiger partial charge in [0.1, 0.15) is 0 Å². The van der Waals surface area contributed by atoms with Crippen molar-refractivity contribution in [2.45, 2.75) is 6.54 Å². The predicted octanol–water partition coefficient (Wildman–Crippen LogP) is 4.11. The number of oxazole rings is 1. The number of fused-ring (bicyclic) bond motifs is 1. The summed E-state index contributed by atoms with van der Waals surface area (Å²) in [6.45, 7) is -12.6. The van der Waals surface area contributed by atoms with E-state index in [1.54, 1.807) is 18.2 Å². The molecule has 0 amide bonds. The first-order chi connectivity index (χ1) is 17.3. The summed E-state index contributed by atoms with van der Waals surface area (Å²) in [7, 11) is 0. The molecule has 5 heteroatoms. The zero-order chi connectivity index (χ0) is 26.8. The summed E-state index contributed by atoms with van der Waals surface area (Å²) in [5, 5.41) is 0. The normalized spacial score (nSPS) is 26.1. The van der Waals surface area contributed by atoms with Crippen LogP contribution < -0.4 is 10.7 Å². The summed E-state index contributed by atoms with van der Waals surface area (Å²) in [6.07, 6.45) is 0. The van der Waals surface area contributed by atoms with E-state index in [-0.39, 0.29) is 16.8 Å². The summed E-state index contributed by atoms with van der Waals surface area (Å²) < 4.78 is 75.1. The summed E-state index contributed by atoms with van der Waals surface area (Å²) in [4.78, 5) is 15.2. The molecule has 5 nitrogen and oxygen atoms in total. The van der Waals surface area contributed by atoms with Crippen molar-refractivity contribution in [2.24, 2.45) is 0 Å². The number of piperazine rings is 1. The minimum absolute atomic E-state index is 0.148. The number of nitrogens with zero attached hydrogens (tertiary/aromatic N) is 2. The third-order valence-electron chi connectivity index (χ3n) is 4.63. The average molecular weight is 394 g/mol. The second-order valence-electron chi connectivity index (χ2n) is 6.60. The summed E-state index contributed by atoms with van der Waals surface area (Å²) in [5.41, 5.74) is 1.84. The van der Waals surface area contributed by atoms with Gasteiger partial charge < -0.3 is 9.32 Å². The molecule has 0 unspecified atom stereocenters. The molecular formula is C24H23N3O2. The molecule has 0 aliphatic carbocycles. The molecule has 0 saturated carbocycles. The standard InChI is InChI=1S/C24H23N3O2/c28-24-25-21-10-5-11-22(23(21)29-24)27-14-12-26(13-15-27)17-18-6-4-9-20(16-18)19-7-2-1-3-8-19/h1-11,16H,12-15,17H2,(H,25,28)/i12D2,13D2,14D2,15D2. The van der Waals surface area contributed by atoms with Gasteiger partial charge in [0.25, 0.3) is 0 Å². The first kappa shape index (κ1) is 11.0. The zero-order valence-electron chi connectivity index (χ0n) is 23.3. The molecule has 1 aromatic heterocycles. The minimum Gasteiger partial charge on any atom is -0.406 e. The zero-order valence-corrected chi connectivity index (χ0v) is 15.3. The number of nitrogens with one attached hydrogen (secondary N) is 1. The predicted molar refractivity (Wildman–Crippen MR) is 116 cm³/mol. The smallest absolute Gasteiger partial charge is 0.406 e. The van der Waals surface area contributed by atoms with E-state index in [9.17, 15) is 4.79 Å². The van der Waals surface area contributed by atoms with Crippen LogP contribution in [0, 0.1) is 0 Å². The minimum atomic E-state index is -3.09. The number of anilines is 1. The third kappa shape index (κ3) is 3.69. The van der Waals surface area contributed by atoms with Crippen molar-refractivity contribution in [2.75, 3.05) is 30.9 Å².